The maximum atomic E-state index is 5.43. The Morgan fingerprint density at radius 1 is 1.05 bits per heavy atom. The lowest BCUT2D eigenvalue weighted by molar-refractivity contribution is 0.174. The Labute approximate surface area is 124 Å². The monoisotopic (exact) mass is 282 g/mol. The van der Waals surface area contributed by atoms with Crippen LogP contribution in [0.25, 0.3) is 0 Å². The van der Waals surface area contributed by atoms with Gasteiger partial charge in [-0.05, 0) is 29.8 Å². The summed E-state index contributed by atoms with van der Waals surface area (Å²) in [6, 6.07) is 15.9. The largest absolute Gasteiger partial charge is 0.454 e. The van der Waals surface area contributed by atoms with Crippen molar-refractivity contribution < 1.29 is 9.47 Å². The molecule has 0 aliphatic carbocycles. The van der Waals surface area contributed by atoms with Crippen molar-refractivity contribution in [3.05, 3.63) is 54.1 Å². The number of benzene rings is 2. The molecule has 0 bridgehead atoms. The summed E-state index contributed by atoms with van der Waals surface area (Å²) < 4.78 is 10.8. The molecule has 0 unspecified atom stereocenters. The van der Waals surface area contributed by atoms with E-state index in [9.17, 15) is 0 Å². The highest BCUT2D eigenvalue weighted by molar-refractivity contribution is 5.74. The number of anilines is 1. The minimum absolute atomic E-state index is 0.206. The quantitative estimate of drug-likeness (QED) is 0.685. The second-order valence-electron chi connectivity index (χ2n) is 5.53. The van der Waals surface area contributed by atoms with Crippen molar-refractivity contribution in [2.45, 2.75) is 19.3 Å². The molecule has 108 valence electrons. The molecule has 0 saturated heterocycles. The molecule has 0 fully saturated rings. The first-order valence-corrected chi connectivity index (χ1v) is 6.90. The van der Waals surface area contributed by atoms with E-state index in [0.29, 0.717) is 6.79 Å². The molecule has 0 radical (unpaired) electrons. The van der Waals surface area contributed by atoms with Crippen LogP contribution >= 0.6 is 0 Å². The molecule has 0 amide bonds. The van der Waals surface area contributed by atoms with Crippen LogP contribution in [0.5, 0.6) is 11.5 Å². The SMILES string of the molecule is CC(C)(/C=N\Nc1ccccc1)c1ccc2c(c1)OCO2. The number of hydrogen-bond donors (Lipinski definition) is 1. The summed E-state index contributed by atoms with van der Waals surface area (Å²) in [5.74, 6) is 1.60. The summed E-state index contributed by atoms with van der Waals surface area (Å²) in [5, 5.41) is 4.34. The number of para-hydroxylation sites is 1. The van der Waals surface area contributed by atoms with E-state index >= 15 is 0 Å². The van der Waals surface area contributed by atoms with Crippen LogP contribution in [-0.4, -0.2) is 13.0 Å². The molecule has 4 heteroatoms. The molecule has 3 rings (SSSR count). The van der Waals surface area contributed by atoms with E-state index in [0.717, 1.165) is 22.7 Å². The summed E-state index contributed by atoms with van der Waals surface area (Å²) in [7, 11) is 0. The molecule has 1 aliphatic rings. The molecule has 0 atom stereocenters. The Morgan fingerprint density at radius 2 is 1.81 bits per heavy atom. The second kappa shape index (κ2) is 5.48. The minimum atomic E-state index is -0.206. The zero-order valence-electron chi connectivity index (χ0n) is 12.2. The van der Waals surface area contributed by atoms with Gasteiger partial charge < -0.3 is 9.47 Å². The number of rotatable bonds is 4. The third-order valence-electron chi connectivity index (χ3n) is 3.47. The highest BCUT2D eigenvalue weighted by Gasteiger charge is 2.22. The van der Waals surface area contributed by atoms with Crippen LogP contribution in [0.2, 0.25) is 0 Å². The van der Waals surface area contributed by atoms with Crippen molar-refractivity contribution in [2.24, 2.45) is 5.10 Å². The Bertz CT molecular complexity index is 651. The smallest absolute Gasteiger partial charge is 0.231 e. The van der Waals surface area contributed by atoms with Crippen LogP contribution in [0.15, 0.2) is 53.6 Å². The van der Waals surface area contributed by atoms with Crippen molar-refractivity contribution in [1.29, 1.82) is 0 Å². The lowest BCUT2D eigenvalue weighted by Crippen LogP contribution is -2.19. The van der Waals surface area contributed by atoms with Crippen LogP contribution in [0, 0.1) is 0 Å². The van der Waals surface area contributed by atoms with Gasteiger partial charge in [0.15, 0.2) is 11.5 Å². The molecule has 2 aromatic rings. The number of nitrogens with zero attached hydrogens (tertiary/aromatic N) is 1. The highest BCUT2D eigenvalue weighted by Crippen LogP contribution is 2.35. The number of ether oxygens (including phenoxy) is 2. The normalized spacial score (nSPS) is 13.6. The molecule has 1 N–H and O–H groups in total. The number of nitrogens with one attached hydrogen (secondary N) is 1. The van der Waals surface area contributed by atoms with Gasteiger partial charge in [-0.2, -0.15) is 5.10 Å². The Balaban J connectivity index is 1.74. The average molecular weight is 282 g/mol. The third-order valence-corrected chi connectivity index (χ3v) is 3.47. The molecule has 0 spiro atoms. The van der Waals surface area contributed by atoms with E-state index in [4.69, 9.17) is 9.47 Å². The number of fused-ring (bicyclic) bond motifs is 1. The summed E-state index contributed by atoms with van der Waals surface area (Å²) in [5.41, 5.74) is 4.93. The molecule has 1 aliphatic heterocycles. The first kappa shape index (κ1) is 13.5. The molecule has 21 heavy (non-hydrogen) atoms. The van der Waals surface area contributed by atoms with E-state index in [1.54, 1.807) is 0 Å². The van der Waals surface area contributed by atoms with E-state index < -0.39 is 0 Å². The number of hydrogen-bond acceptors (Lipinski definition) is 4. The van der Waals surface area contributed by atoms with Crippen LogP contribution in [0.3, 0.4) is 0 Å². The van der Waals surface area contributed by atoms with E-state index in [1.807, 2.05) is 54.7 Å². The molecular formula is C17H18N2O2. The van der Waals surface area contributed by atoms with Crippen molar-refractivity contribution in [1.82, 2.24) is 0 Å². The predicted molar refractivity (Wildman–Crippen MR) is 84.1 cm³/mol. The maximum absolute atomic E-state index is 5.43. The Kier molecular flexibility index (Phi) is 3.52. The summed E-state index contributed by atoms with van der Waals surface area (Å²) >= 11 is 0. The molecule has 2 aromatic carbocycles. The van der Waals surface area contributed by atoms with Gasteiger partial charge in [0, 0.05) is 11.6 Å². The average Bonchev–Trinajstić information content (AvgIpc) is 2.95. The van der Waals surface area contributed by atoms with Crippen molar-refractivity contribution >= 4 is 11.9 Å². The Morgan fingerprint density at radius 3 is 2.62 bits per heavy atom. The first-order chi connectivity index (χ1) is 10.1. The maximum Gasteiger partial charge on any atom is 0.231 e. The van der Waals surface area contributed by atoms with Gasteiger partial charge in [0.1, 0.15) is 0 Å². The minimum Gasteiger partial charge on any atom is -0.454 e. The van der Waals surface area contributed by atoms with Gasteiger partial charge in [-0.25, -0.2) is 0 Å². The summed E-state index contributed by atoms with van der Waals surface area (Å²) in [6.07, 6.45) is 1.90. The molecular weight excluding hydrogens is 264 g/mol. The standard InChI is InChI=1S/C17H18N2O2/c1-17(2,11-18-19-14-6-4-3-5-7-14)13-8-9-15-16(10-13)21-12-20-15/h3-11,19H,12H2,1-2H3/b18-11-. The van der Waals surface area contributed by atoms with Gasteiger partial charge in [0.2, 0.25) is 6.79 Å². The van der Waals surface area contributed by atoms with Gasteiger partial charge in [0.05, 0.1) is 5.69 Å². The highest BCUT2D eigenvalue weighted by atomic mass is 16.7. The fourth-order valence-corrected chi connectivity index (χ4v) is 2.15. The van der Waals surface area contributed by atoms with Crippen LogP contribution in [0.1, 0.15) is 19.4 Å². The lowest BCUT2D eigenvalue weighted by Gasteiger charge is -2.20. The van der Waals surface area contributed by atoms with Gasteiger partial charge in [-0.3, -0.25) is 5.43 Å². The molecule has 1 heterocycles. The van der Waals surface area contributed by atoms with Gasteiger partial charge in [-0.1, -0.05) is 38.1 Å². The Hall–Kier alpha value is -2.49. The third kappa shape index (κ3) is 2.99. The van der Waals surface area contributed by atoms with Crippen molar-refractivity contribution in [2.75, 3.05) is 12.2 Å². The van der Waals surface area contributed by atoms with Gasteiger partial charge >= 0.3 is 0 Å². The van der Waals surface area contributed by atoms with E-state index in [2.05, 4.69) is 24.4 Å². The van der Waals surface area contributed by atoms with Crippen LogP contribution in [-0.2, 0) is 5.41 Å². The zero-order valence-corrected chi connectivity index (χ0v) is 12.2. The zero-order chi connectivity index (χ0) is 14.7. The first-order valence-electron chi connectivity index (χ1n) is 6.90. The predicted octanol–water partition coefficient (Wildman–Crippen LogP) is 3.79. The van der Waals surface area contributed by atoms with Crippen molar-refractivity contribution in [3.63, 3.8) is 0 Å². The van der Waals surface area contributed by atoms with Crippen LogP contribution in [0.4, 0.5) is 5.69 Å². The summed E-state index contributed by atoms with van der Waals surface area (Å²) in [6.45, 7) is 4.52. The lowest BCUT2D eigenvalue weighted by atomic mass is 9.86. The van der Waals surface area contributed by atoms with E-state index in [-0.39, 0.29) is 5.41 Å². The number of hydrazone groups is 1. The van der Waals surface area contributed by atoms with E-state index in [1.165, 1.54) is 0 Å². The second-order valence-corrected chi connectivity index (χ2v) is 5.53. The molecule has 4 nitrogen and oxygen atoms in total. The summed E-state index contributed by atoms with van der Waals surface area (Å²) in [4.78, 5) is 0. The van der Waals surface area contributed by atoms with Gasteiger partial charge in [0.25, 0.3) is 0 Å². The van der Waals surface area contributed by atoms with Gasteiger partial charge in [-0.15, -0.1) is 0 Å². The topological polar surface area (TPSA) is 42.9 Å². The molecule has 0 saturated carbocycles. The molecule has 0 aromatic heterocycles. The van der Waals surface area contributed by atoms with Crippen LogP contribution < -0.4 is 14.9 Å². The fraction of sp³-hybridized carbons (Fsp3) is 0.235. The van der Waals surface area contributed by atoms with Crippen molar-refractivity contribution in [3.8, 4) is 11.5 Å². The fourth-order valence-electron chi connectivity index (χ4n) is 2.15.